The summed E-state index contributed by atoms with van der Waals surface area (Å²) in [7, 11) is 0. The maximum Gasteiger partial charge on any atom is 0.416 e. The summed E-state index contributed by atoms with van der Waals surface area (Å²) in [5.41, 5.74) is 3.64. The van der Waals surface area contributed by atoms with Crippen LogP contribution in [0, 0.1) is 13.8 Å². The fourth-order valence-corrected chi connectivity index (χ4v) is 3.56. The van der Waals surface area contributed by atoms with Crippen LogP contribution in [0.1, 0.15) is 28.7 Å². The third-order valence-corrected chi connectivity index (χ3v) is 5.03. The molecule has 2 heterocycles. The normalized spacial score (nSPS) is 13.9. The van der Waals surface area contributed by atoms with Crippen LogP contribution in [0.3, 0.4) is 0 Å². The summed E-state index contributed by atoms with van der Waals surface area (Å²) < 4.78 is 40.1. The molecule has 3 aromatic rings. The summed E-state index contributed by atoms with van der Waals surface area (Å²) in [5, 5.41) is 2.67. The minimum Gasteiger partial charge on any atom is -0.324 e. The second-order valence-corrected chi connectivity index (χ2v) is 7.24. The summed E-state index contributed by atoms with van der Waals surface area (Å²) >= 11 is 0. The molecule has 30 heavy (non-hydrogen) atoms. The molecular formula is C23H18F3N3O. The van der Waals surface area contributed by atoms with E-state index in [0.29, 0.717) is 11.3 Å². The number of hydrogen-bond donors (Lipinski definition) is 1. The van der Waals surface area contributed by atoms with Gasteiger partial charge in [-0.2, -0.15) is 13.2 Å². The van der Waals surface area contributed by atoms with Crippen molar-refractivity contribution in [3.05, 3.63) is 77.1 Å². The summed E-state index contributed by atoms with van der Waals surface area (Å²) in [6.45, 7) is 3.31. The second kappa shape index (κ2) is 7.40. The maximum absolute atomic E-state index is 13.4. The highest BCUT2D eigenvalue weighted by Gasteiger charge is 2.34. The molecule has 1 amide bonds. The number of carbonyl (C=O) groups excluding carboxylic acids is 1. The van der Waals surface area contributed by atoms with Gasteiger partial charge in [-0.3, -0.25) is 14.8 Å². The van der Waals surface area contributed by atoms with Crippen LogP contribution in [0.25, 0.3) is 11.1 Å². The molecule has 4 rings (SSSR count). The molecule has 0 fully saturated rings. The van der Waals surface area contributed by atoms with Crippen molar-refractivity contribution in [1.82, 2.24) is 4.98 Å². The number of pyridine rings is 1. The Labute approximate surface area is 171 Å². The molecule has 0 bridgehead atoms. The number of halogens is 3. The van der Waals surface area contributed by atoms with E-state index in [4.69, 9.17) is 0 Å². The van der Waals surface area contributed by atoms with Crippen LogP contribution in [0.4, 0.5) is 24.5 Å². The predicted octanol–water partition coefficient (Wildman–Crippen LogP) is 5.85. The minimum absolute atomic E-state index is 0.0339. The summed E-state index contributed by atoms with van der Waals surface area (Å²) in [6.07, 6.45) is -1.07. The molecular weight excluding hydrogens is 391 g/mol. The zero-order chi connectivity index (χ0) is 21.5. The Hall–Kier alpha value is -3.48. The van der Waals surface area contributed by atoms with Gasteiger partial charge in [0.25, 0.3) is 0 Å². The first-order valence-electron chi connectivity index (χ1n) is 9.33. The average molecular weight is 409 g/mol. The lowest BCUT2D eigenvalue weighted by atomic mass is 9.98. The molecule has 0 spiro atoms. The molecule has 0 aliphatic carbocycles. The van der Waals surface area contributed by atoms with Crippen molar-refractivity contribution in [1.29, 1.82) is 0 Å². The van der Waals surface area contributed by atoms with Crippen LogP contribution < -0.4 is 5.32 Å². The molecule has 1 aromatic heterocycles. The number of alkyl halides is 3. The van der Waals surface area contributed by atoms with E-state index in [1.165, 1.54) is 13.0 Å². The summed E-state index contributed by atoms with van der Waals surface area (Å²) in [5.74, 6) is -0.322. The number of hydrogen-bond acceptors (Lipinski definition) is 3. The molecule has 1 aliphatic heterocycles. The van der Waals surface area contributed by atoms with E-state index >= 15 is 0 Å². The number of nitrogens with zero attached hydrogens (tertiary/aromatic N) is 2. The Balaban J connectivity index is 1.83. The fourth-order valence-electron chi connectivity index (χ4n) is 3.56. The molecule has 4 nitrogen and oxygen atoms in total. The van der Waals surface area contributed by atoms with E-state index in [1.807, 2.05) is 31.2 Å². The quantitative estimate of drug-likeness (QED) is 0.577. The predicted molar refractivity (Wildman–Crippen MR) is 110 cm³/mol. The average Bonchev–Trinajstić information content (AvgIpc) is 2.84. The van der Waals surface area contributed by atoms with Gasteiger partial charge in [-0.15, -0.1) is 0 Å². The van der Waals surface area contributed by atoms with Gasteiger partial charge in [0, 0.05) is 12.4 Å². The van der Waals surface area contributed by atoms with E-state index in [0.717, 1.165) is 22.8 Å². The van der Waals surface area contributed by atoms with Gasteiger partial charge in [-0.1, -0.05) is 18.2 Å². The minimum atomic E-state index is -4.50. The van der Waals surface area contributed by atoms with Crippen molar-refractivity contribution < 1.29 is 18.0 Å². The van der Waals surface area contributed by atoms with Crippen LogP contribution >= 0.6 is 0 Å². The first-order valence-corrected chi connectivity index (χ1v) is 9.33. The van der Waals surface area contributed by atoms with Gasteiger partial charge >= 0.3 is 6.18 Å². The molecule has 0 saturated heterocycles. The Kier molecular flexibility index (Phi) is 4.89. The number of aliphatic imine (C=N–C) groups is 1. The largest absolute Gasteiger partial charge is 0.416 e. The molecule has 0 saturated carbocycles. The van der Waals surface area contributed by atoms with Crippen LogP contribution in [-0.4, -0.2) is 16.6 Å². The van der Waals surface area contributed by atoms with Gasteiger partial charge in [0.2, 0.25) is 5.91 Å². The van der Waals surface area contributed by atoms with Gasteiger partial charge < -0.3 is 5.32 Å². The topological polar surface area (TPSA) is 54.4 Å². The van der Waals surface area contributed by atoms with Gasteiger partial charge in [0.15, 0.2) is 0 Å². The highest BCUT2D eigenvalue weighted by Crippen LogP contribution is 2.39. The van der Waals surface area contributed by atoms with Crippen LogP contribution in [0.5, 0.6) is 0 Å². The zero-order valence-corrected chi connectivity index (χ0v) is 16.3. The molecule has 1 N–H and O–H groups in total. The Morgan fingerprint density at radius 1 is 1.00 bits per heavy atom. The Morgan fingerprint density at radius 2 is 1.77 bits per heavy atom. The smallest absolute Gasteiger partial charge is 0.324 e. The third kappa shape index (κ3) is 3.83. The highest BCUT2D eigenvalue weighted by atomic mass is 19.4. The number of fused-ring (bicyclic) bond motifs is 1. The van der Waals surface area contributed by atoms with Crippen molar-refractivity contribution >= 4 is 23.0 Å². The van der Waals surface area contributed by atoms with E-state index in [2.05, 4.69) is 15.3 Å². The SMILES string of the molecule is Cc1cnccc1-c1cccc(C2=Nc3cc(C(F)(F)F)c(C)cc3NC(=O)C2)c1. The summed E-state index contributed by atoms with van der Waals surface area (Å²) in [4.78, 5) is 21.0. The van der Waals surface area contributed by atoms with Crippen LogP contribution in [0.2, 0.25) is 0 Å². The van der Waals surface area contributed by atoms with Gasteiger partial charge in [0.05, 0.1) is 29.1 Å². The molecule has 0 unspecified atom stereocenters. The molecule has 1 aliphatic rings. The van der Waals surface area contributed by atoms with Crippen molar-refractivity contribution in [2.75, 3.05) is 5.32 Å². The first kappa shape index (κ1) is 19.8. The monoisotopic (exact) mass is 409 g/mol. The summed E-state index contributed by atoms with van der Waals surface area (Å²) in [6, 6.07) is 11.7. The number of anilines is 1. The zero-order valence-electron chi connectivity index (χ0n) is 16.3. The third-order valence-electron chi connectivity index (χ3n) is 5.03. The van der Waals surface area contributed by atoms with Gasteiger partial charge in [-0.05, 0) is 65.9 Å². The number of amides is 1. The standard InChI is InChI=1S/C23H18F3N3O/c1-13-8-20-21(10-18(13)23(24,25)26)28-19(11-22(30)29-20)16-5-3-4-15(9-16)17-6-7-27-12-14(17)2/h3-10,12H,11H2,1-2H3,(H,29,30). The number of aryl methyl sites for hydroxylation is 2. The lowest BCUT2D eigenvalue weighted by Crippen LogP contribution is -2.15. The Morgan fingerprint density at radius 3 is 2.50 bits per heavy atom. The number of rotatable bonds is 2. The number of benzene rings is 2. The molecule has 152 valence electrons. The molecule has 0 radical (unpaired) electrons. The maximum atomic E-state index is 13.4. The number of nitrogens with one attached hydrogen (secondary N) is 1. The van der Waals surface area contributed by atoms with E-state index in [1.54, 1.807) is 18.5 Å². The highest BCUT2D eigenvalue weighted by molar-refractivity contribution is 6.17. The van der Waals surface area contributed by atoms with Crippen LogP contribution in [-0.2, 0) is 11.0 Å². The van der Waals surface area contributed by atoms with Crippen molar-refractivity contribution in [2.24, 2.45) is 4.99 Å². The van der Waals surface area contributed by atoms with Crippen molar-refractivity contribution in [3.63, 3.8) is 0 Å². The van der Waals surface area contributed by atoms with Gasteiger partial charge in [-0.25, -0.2) is 0 Å². The first-order chi connectivity index (χ1) is 14.2. The van der Waals surface area contributed by atoms with Crippen molar-refractivity contribution in [2.45, 2.75) is 26.4 Å². The van der Waals surface area contributed by atoms with Crippen molar-refractivity contribution in [3.8, 4) is 11.1 Å². The molecule has 0 atom stereocenters. The van der Waals surface area contributed by atoms with Gasteiger partial charge in [0.1, 0.15) is 0 Å². The van der Waals surface area contributed by atoms with E-state index in [-0.39, 0.29) is 29.3 Å². The van der Waals surface area contributed by atoms with Crippen LogP contribution in [0.15, 0.2) is 59.9 Å². The molecule has 2 aromatic carbocycles. The number of aromatic nitrogens is 1. The fraction of sp³-hybridized carbons (Fsp3) is 0.174. The Bertz CT molecular complexity index is 1180. The van der Waals surface area contributed by atoms with E-state index < -0.39 is 11.7 Å². The van der Waals surface area contributed by atoms with E-state index in [9.17, 15) is 18.0 Å². The molecule has 7 heteroatoms. The lowest BCUT2D eigenvalue weighted by molar-refractivity contribution is -0.138. The lowest BCUT2D eigenvalue weighted by Gasteiger charge is -2.13. The second-order valence-electron chi connectivity index (χ2n) is 7.24. The number of carbonyl (C=O) groups is 1.